The van der Waals surface area contributed by atoms with Gasteiger partial charge in [0.2, 0.25) is 0 Å². The number of thiophene rings is 1. The van der Waals surface area contributed by atoms with E-state index in [0.717, 1.165) is 24.2 Å². The molecule has 6 heteroatoms. The molecular formula is C11H10N2O3S. The Morgan fingerprint density at radius 1 is 1.53 bits per heavy atom. The van der Waals surface area contributed by atoms with Crippen LogP contribution >= 0.6 is 11.3 Å². The number of aryl methyl sites for hydroxylation is 1. The lowest BCUT2D eigenvalue weighted by Crippen LogP contribution is -2.11. The van der Waals surface area contributed by atoms with Crippen molar-refractivity contribution >= 4 is 27.5 Å². The molecule has 1 fully saturated rings. The van der Waals surface area contributed by atoms with Gasteiger partial charge in [-0.3, -0.25) is 4.79 Å². The molecule has 2 aromatic rings. The highest BCUT2D eigenvalue weighted by atomic mass is 32.1. The fraction of sp³-hybridized carbons (Fsp3) is 0.364. The lowest BCUT2D eigenvalue weighted by Gasteiger charge is -1.97. The summed E-state index contributed by atoms with van der Waals surface area (Å²) in [6.07, 6.45) is 2.09. The van der Waals surface area contributed by atoms with Crippen LogP contribution in [0.3, 0.4) is 0 Å². The number of rotatable bonds is 2. The first-order valence-corrected chi connectivity index (χ1v) is 6.16. The quantitative estimate of drug-likeness (QED) is 0.852. The molecule has 88 valence electrons. The van der Waals surface area contributed by atoms with Crippen molar-refractivity contribution in [2.75, 3.05) is 0 Å². The van der Waals surface area contributed by atoms with Crippen LogP contribution in [0.1, 0.15) is 39.8 Å². The lowest BCUT2D eigenvalue weighted by molar-refractivity contribution is 0.0701. The second kappa shape index (κ2) is 3.40. The van der Waals surface area contributed by atoms with Gasteiger partial charge >= 0.3 is 5.97 Å². The Hall–Kier alpha value is -1.69. The minimum atomic E-state index is -1.00. The average molecular weight is 250 g/mol. The molecule has 3 rings (SSSR count). The molecule has 2 heterocycles. The molecule has 17 heavy (non-hydrogen) atoms. The number of nitrogens with one attached hydrogen (secondary N) is 1. The zero-order valence-corrected chi connectivity index (χ0v) is 9.93. The first-order valence-electron chi connectivity index (χ1n) is 5.34. The molecule has 0 saturated heterocycles. The molecule has 0 spiro atoms. The molecule has 0 radical (unpaired) electrons. The van der Waals surface area contributed by atoms with Crippen LogP contribution < -0.4 is 5.56 Å². The summed E-state index contributed by atoms with van der Waals surface area (Å²) in [5, 5.41) is 9.43. The highest BCUT2D eigenvalue weighted by Crippen LogP contribution is 2.38. The van der Waals surface area contributed by atoms with Crippen molar-refractivity contribution < 1.29 is 9.90 Å². The van der Waals surface area contributed by atoms with Crippen molar-refractivity contribution in [3.05, 3.63) is 26.6 Å². The zero-order chi connectivity index (χ0) is 12.2. The van der Waals surface area contributed by atoms with Crippen molar-refractivity contribution in [2.45, 2.75) is 25.7 Å². The van der Waals surface area contributed by atoms with E-state index >= 15 is 0 Å². The summed E-state index contributed by atoms with van der Waals surface area (Å²) in [5.41, 5.74) is 0.284. The maximum Gasteiger partial charge on any atom is 0.346 e. The smallest absolute Gasteiger partial charge is 0.346 e. The number of aromatic nitrogens is 2. The van der Waals surface area contributed by atoms with Gasteiger partial charge in [-0.1, -0.05) is 0 Å². The minimum absolute atomic E-state index is 0.200. The van der Waals surface area contributed by atoms with E-state index in [1.54, 1.807) is 6.92 Å². The van der Waals surface area contributed by atoms with Gasteiger partial charge in [0.05, 0.1) is 5.39 Å². The normalized spacial score (nSPS) is 15.4. The second-order valence-corrected chi connectivity index (χ2v) is 5.27. The van der Waals surface area contributed by atoms with E-state index < -0.39 is 5.97 Å². The molecule has 2 N–H and O–H groups in total. The molecule has 2 aromatic heterocycles. The van der Waals surface area contributed by atoms with E-state index in [4.69, 9.17) is 5.11 Å². The fourth-order valence-corrected chi connectivity index (χ4v) is 2.94. The molecular weight excluding hydrogens is 240 g/mol. The van der Waals surface area contributed by atoms with Gasteiger partial charge < -0.3 is 10.1 Å². The highest BCUT2D eigenvalue weighted by molar-refractivity contribution is 7.20. The van der Waals surface area contributed by atoms with E-state index in [0.29, 0.717) is 27.5 Å². The van der Waals surface area contributed by atoms with Gasteiger partial charge in [0.15, 0.2) is 0 Å². The van der Waals surface area contributed by atoms with Crippen LogP contribution in [-0.2, 0) is 0 Å². The van der Waals surface area contributed by atoms with Crippen LogP contribution in [0.15, 0.2) is 4.79 Å². The van der Waals surface area contributed by atoms with Crippen LogP contribution in [0.2, 0.25) is 0 Å². The third kappa shape index (κ3) is 1.56. The average Bonchev–Trinajstić information content (AvgIpc) is 3.03. The van der Waals surface area contributed by atoms with Gasteiger partial charge in [0.25, 0.3) is 5.56 Å². The van der Waals surface area contributed by atoms with E-state index in [9.17, 15) is 9.59 Å². The Balaban J connectivity index is 2.32. The Labute approximate surface area is 100 Å². The first-order chi connectivity index (χ1) is 8.08. The summed E-state index contributed by atoms with van der Waals surface area (Å²) in [7, 11) is 0. The predicted molar refractivity (Wildman–Crippen MR) is 63.9 cm³/mol. The van der Waals surface area contributed by atoms with Crippen molar-refractivity contribution in [3.63, 3.8) is 0 Å². The summed E-state index contributed by atoms with van der Waals surface area (Å²) < 4.78 is 0. The molecule has 1 aliphatic carbocycles. The Morgan fingerprint density at radius 3 is 2.82 bits per heavy atom. The van der Waals surface area contributed by atoms with Crippen molar-refractivity contribution in [1.82, 2.24) is 9.97 Å². The van der Waals surface area contributed by atoms with Crippen LogP contribution in [0.25, 0.3) is 10.2 Å². The van der Waals surface area contributed by atoms with Gasteiger partial charge in [0, 0.05) is 5.92 Å². The van der Waals surface area contributed by atoms with E-state index in [1.807, 2.05) is 0 Å². The van der Waals surface area contributed by atoms with Crippen molar-refractivity contribution in [3.8, 4) is 0 Å². The number of carboxylic acids is 1. The minimum Gasteiger partial charge on any atom is -0.477 e. The number of nitrogens with zero attached hydrogens (tertiary/aromatic N) is 1. The largest absolute Gasteiger partial charge is 0.477 e. The molecule has 0 aromatic carbocycles. The Bertz CT molecular complexity index is 682. The first kappa shape index (κ1) is 10.5. The van der Waals surface area contributed by atoms with E-state index in [-0.39, 0.29) is 10.4 Å². The third-order valence-corrected chi connectivity index (χ3v) is 4.15. The van der Waals surface area contributed by atoms with Crippen LogP contribution in [0.5, 0.6) is 0 Å². The van der Waals surface area contributed by atoms with Crippen molar-refractivity contribution in [1.29, 1.82) is 0 Å². The number of fused-ring (bicyclic) bond motifs is 1. The summed E-state index contributed by atoms with van der Waals surface area (Å²) in [6.45, 7) is 1.65. The van der Waals surface area contributed by atoms with Gasteiger partial charge in [-0.2, -0.15) is 0 Å². The SMILES string of the molecule is Cc1c(C(=O)O)sc2nc(C3CC3)[nH]c(=O)c12. The predicted octanol–water partition coefficient (Wildman–Crippen LogP) is 1.87. The number of hydrogen-bond donors (Lipinski definition) is 2. The topological polar surface area (TPSA) is 83.0 Å². The number of H-pyrrole nitrogens is 1. The number of carbonyl (C=O) groups is 1. The summed E-state index contributed by atoms with van der Waals surface area (Å²) in [5.74, 6) is 0.0429. The van der Waals surface area contributed by atoms with E-state index in [2.05, 4.69) is 9.97 Å². The summed E-state index contributed by atoms with van der Waals surface area (Å²) in [6, 6.07) is 0. The highest BCUT2D eigenvalue weighted by Gasteiger charge is 2.28. The van der Waals surface area contributed by atoms with Crippen molar-refractivity contribution in [2.24, 2.45) is 0 Å². The summed E-state index contributed by atoms with van der Waals surface area (Å²) >= 11 is 1.07. The molecule has 0 amide bonds. The van der Waals surface area contributed by atoms with Crippen LogP contribution in [0, 0.1) is 6.92 Å². The molecule has 5 nitrogen and oxygen atoms in total. The maximum absolute atomic E-state index is 11.9. The monoisotopic (exact) mass is 250 g/mol. The number of hydrogen-bond acceptors (Lipinski definition) is 4. The number of carboxylic acid groups (broad SMARTS) is 1. The molecule has 0 bridgehead atoms. The fourth-order valence-electron chi connectivity index (χ4n) is 1.91. The second-order valence-electron chi connectivity index (χ2n) is 4.27. The van der Waals surface area contributed by atoms with E-state index in [1.165, 1.54) is 0 Å². The molecule has 0 unspecified atom stereocenters. The zero-order valence-electron chi connectivity index (χ0n) is 9.11. The Morgan fingerprint density at radius 2 is 2.24 bits per heavy atom. The van der Waals surface area contributed by atoms with Gasteiger partial charge in [-0.05, 0) is 25.3 Å². The number of aromatic carboxylic acids is 1. The van der Waals surface area contributed by atoms with Crippen LogP contribution in [0.4, 0.5) is 0 Å². The maximum atomic E-state index is 11.9. The number of aromatic amines is 1. The molecule has 0 atom stereocenters. The molecule has 0 aliphatic heterocycles. The lowest BCUT2D eigenvalue weighted by atomic mass is 10.2. The standard InChI is InChI=1S/C11H10N2O3S/c1-4-6-9(14)12-8(5-2-3-5)13-10(6)17-7(4)11(15)16/h5H,2-3H2,1H3,(H,15,16)(H,12,13,14). The van der Waals surface area contributed by atoms with Crippen LogP contribution in [-0.4, -0.2) is 21.0 Å². The van der Waals surface area contributed by atoms with Gasteiger partial charge in [0.1, 0.15) is 15.5 Å². The third-order valence-electron chi connectivity index (χ3n) is 2.98. The molecule has 1 saturated carbocycles. The summed E-state index contributed by atoms with van der Waals surface area (Å²) in [4.78, 5) is 30.8. The van der Waals surface area contributed by atoms with Gasteiger partial charge in [-0.15, -0.1) is 11.3 Å². The Kier molecular flexibility index (Phi) is 2.09. The van der Waals surface area contributed by atoms with Gasteiger partial charge in [-0.25, -0.2) is 9.78 Å². The molecule has 1 aliphatic rings.